The summed E-state index contributed by atoms with van der Waals surface area (Å²) < 4.78 is 0. The Morgan fingerprint density at radius 3 is 2.77 bits per heavy atom. The van der Waals surface area contributed by atoms with Gasteiger partial charge in [0.1, 0.15) is 0 Å². The van der Waals surface area contributed by atoms with Crippen molar-refractivity contribution in [2.45, 2.75) is 52.0 Å². The van der Waals surface area contributed by atoms with Crippen molar-refractivity contribution in [3.63, 3.8) is 0 Å². The van der Waals surface area contributed by atoms with E-state index in [2.05, 4.69) is 57.5 Å². The molecular formula is C29H34N4OS. The Bertz CT molecular complexity index is 1160. The molecule has 0 bridgehead atoms. The van der Waals surface area contributed by atoms with E-state index in [1.54, 1.807) is 17.9 Å². The molecule has 1 spiro atoms. The summed E-state index contributed by atoms with van der Waals surface area (Å²) in [5.74, 6) is -0.118. The minimum absolute atomic E-state index is 0.118. The third-order valence-corrected chi connectivity index (χ3v) is 8.24. The summed E-state index contributed by atoms with van der Waals surface area (Å²) in [6, 6.07) is 10.5. The zero-order valence-electron chi connectivity index (χ0n) is 20.5. The monoisotopic (exact) mass is 486 g/mol. The number of nitrogens with one attached hydrogen (secondary N) is 1. The molecule has 1 aliphatic carbocycles. The smallest absolute Gasteiger partial charge is 0.253 e. The van der Waals surface area contributed by atoms with Gasteiger partial charge in [0.15, 0.2) is 0 Å². The number of fused-ring (bicyclic) bond motifs is 1. The first kappa shape index (κ1) is 23.9. The second kappa shape index (κ2) is 10.8. The maximum atomic E-state index is 12.4. The number of likely N-dealkylation sites (tertiary alicyclic amines) is 1. The number of thiazole rings is 1. The Labute approximate surface area is 212 Å². The fraction of sp³-hybridized carbons (Fsp3) is 0.414. The van der Waals surface area contributed by atoms with Crippen molar-refractivity contribution < 1.29 is 4.79 Å². The van der Waals surface area contributed by atoms with Gasteiger partial charge in [-0.2, -0.15) is 0 Å². The van der Waals surface area contributed by atoms with Crippen molar-refractivity contribution in [1.29, 1.82) is 0 Å². The molecule has 0 atom stereocenters. The van der Waals surface area contributed by atoms with Crippen molar-refractivity contribution in [2.24, 2.45) is 5.41 Å². The second-order valence-electron chi connectivity index (χ2n) is 9.92. The first-order valence-corrected chi connectivity index (χ1v) is 13.7. The molecule has 2 aromatic heterocycles. The summed E-state index contributed by atoms with van der Waals surface area (Å²) in [7, 11) is 0. The SMILES string of the molecule is CCCCCN1CCC2(C=Cc3cc(-c4ccc(C(=O)NCc5cncs5)cn4)ccc3C2)CC1. The molecule has 3 aromatic rings. The summed E-state index contributed by atoms with van der Waals surface area (Å²) in [6.07, 6.45) is 15.9. The van der Waals surface area contributed by atoms with Gasteiger partial charge in [0.2, 0.25) is 0 Å². The van der Waals surface area contributed by atoms with Gasteiger partial charge < -0.3 is 10.2 Å². The van der Waals surface area contributed by atoms with Gasteiger partial charge in [-0.1, -0.05) is 44.1 Å². The molecule has 3 heterocycles. The van der Waals surface area contributed by atoms with Crippen LogP contribution in [0.3, 0.4) is 0 Å². The number of piperidine rings is 1. The van der Waals surface area contributed by atoms with E-state index in [0.29, 0.717) is 17.5 Å². The van der Waals surface area contributed by atoms with Gasteiger partial charge in [0.25, 0.3) is 5.91 Å². The number of hydrogen-bond donors (Lipinski definition) is 1. The molecule has 1 amide bonds. The number of benzene rings is 1. The number of carbonyl (C=O) groups is 1. The van der Waals surface area contributed by atoms with Gasteiger partial charge in [-0.15, -0.1) is 11.3 Å². The standard InChI is InChI=1S/C29H34N4OS/c1-2-3-4-13-33-14-11-29(12-15-33)10-9-22-16-23(5-6-24(22)17-29)27-8-7-25(18-31-27)28(34)32-20-26-19-30-21-35-26/h5-10,16,18-19,21H,2-4,11-15,17,20H2,1H3,(H,32,34). The fourth-order valence-corrected chi connectivity index (χ4v) is 5.76. The maximum Gasteiger partial charge on any atom is 0.253 e. The number of carbonyl (C=O) groups excluding carboxylic acids is 1. The van der Waals surface area contributed by atoms with E-state index in [9.17, 15) is 4.79 Å². The highest BCUT2D eigenvalue weighted by molar-refractivity contribution is 7.09. The predicted molar refractivity (Wildman–Crippen MR) is 143 cm³/mol. The van der Waals surface area contributed by atoms with Gasteiger partial charge in [-0.25, -0.2) is 0 Å². The highest BCUT2D eigenvalue weighted by atomic mass is 32.1. The van der Waals surface area contributed by atoms with Crippen LogP contribution in [0.2, 0.25) is 0 Å². The van der Waals surface area contributed by atoms with E-state index < -0.39 is 0 Å². The van der Waals surface area contributed by atoms with Crippen LogP contribution in [0.15, 0.2) is 54.3 Å². The third-order valence-electron chi connectivity index (χ3n) is 7.46. The molecule has 1 aliphatic heterocycles. The highest BCUT2D eigenvalue weighted by Gasteiger charge is 2.34. The van der Waals surface area contributed by atoms with Gasteiger partial charge >= 0.3 is 0 Å². The summed E-state index contributed by atoms with van der Waals surface area (Å²) in [5.41, 5.74) is 7.37. The topological polar surface area (TPSA) is 58.1 Å². The van der Waals surface area contributed by atoms with E-state index >= 15 is 0 Å². The Balaban J connectivity index is 1.20. The number of pyridine rings is 1. The van der Waals surface area contributed by atoms with Crippen LogP contribution in [-0.2, 0) is 13.0 Å². The zero-order valence-corrected chi connectivity index (χ0v) is 21.3. The van der Waals surface area contributed by atoms with Gasteiger partial charge in [0.05, 0.1) is 23.3 Å². The Morgan fingerprint density at radius 2 is 2.03 bits per heavy atom. The molecule has 0 radical (unpaired) electrons. The third kappa shape index (κ3) is 5.71. The lowest BCUT2D eigenvalue weighted by atomic mass is 9.70. The molecule has 5 nitrogen and oxygen atoms in total. The van der Waals surface area contributed by atoms with Crippen molar-refractivity contribution in [3.05, 3.63) is 75.9 Å². The average molecular weight is 487 g/mol. The lowest BCUT2D eigenvalue weighted by Gasteiger charge is -2.42. The number of allylic oxidation sites excluding steroid dienone is 1. The van der Waals surface area contributed by atoms with E-state index in [4.69, 9.17) is 0 Å². The number of hydrogen-bond acceptors (Lipinski definition) is 5. The molecular weight excluding hydrogens is 452 g/mol. The zero-order chi connectivity index (χ0) is 24.1. The lowest BCUT2D eigenvalue weighted by Crippen LogP contribution is -2.41. The summed E-state index contributed by atoms with van der Waals surface area (Å²) in [6.45, 7) is 6.45. The fourth-order valence-electron chi connectivity index (χ4n) is 5.22. The molecule has 1 saturated heterocycles. The minimum Gasteiger partial charge on any atom is -0.347 e. The van der Waals surface area contributed by atoms with Gasteiger partial charge in [-0.05, 0) is 80.1 Å². The first-order valence-electron chi connectivity index (χ1n) is 12.8. The van der Waals surface area contributed by atoms with E-state index in [1.165, 1.54) is 74.2 Å². The molecule has 35 heavy (non-hydrogen) atoms. The molecule has 1 fully saturated rings. The van der Waals surface area contributed by atoms with Crippen molar-refractivity contribution in [3.8, 4) is 11.3 Å². The molecule has 6 heteroatoms. The largest absolute Gasteiger partial charge is 0.347 e. The van der Waals surface area contributed by atoms with Crippen molar-refractivity contribution >= 4 is 23.3 Å². The molecule has 1 N–H and O–H groups in total. The maximum absolute atomic E-state index is 12.4. The van der Waals surface area contributed by atoms with E-state index in [0.717, 1.165) is 22.6 Å². The number of nitrogens with zero attached hydrogens (tertiary/aromatic N) is 3. The average Bonchev–Trinajstić information content (AvgIpc) is 3.42. The van der Waals surface area contributed by atoms with E-state index in [-0.39, 0.29) is 5.91 Å². The summed E-state index contributed by atoms with van der Waals surface area (Å²) in [4.78, 5) is 24.7. The van der Waals surface area contributed by atoms with E-state index in [1.807, 2.05) is 12.1 Å². The molecule has 5 rings (SSSR count). The molecule has 182 valence electrons. The number of rotatable bonds is 8. The second-order valence-corrected chi connectivity index (χ2v) is 10.9. The first-order chi connectivity index (χ1) is 17.1. The van der Waals surface area contributed by atoms with Crippen LogP contribution in [0, 0.1) is 5.41 Å². The molecule has 0 unspecified atom stereocenters. The molecule has 0 saturated carbocycles. The molecule has 1 aromatic carbocycles. The summed E-state index contributed by atoms with van der Waals surface area (Å²) in [5, 5.41) is 2.92. The van der Waals surface area contributed by atoms with Gasteiger partial charge in [-0.3, -0.25) is 14.8 Å². The normalized spacial score (nSPS) is 16.8. The van der Waals surface area contributed by atoms with Crippen LogP contribution >= 0.6 is 11.3 Å². The number of aromatic nitrogens is 2. The Hall–Kier alpha value is -2.83. The van der Waals surface area contributed by atoms with Crippen molar-refractivity contribution in [1.82, 2.24) is 20.2 Å². The van der Waals surface area contributed by atoms with Crippen LogP contribution in [0.5, 0.6) is 0 Å². The quantitative estimate of drug-likeness (QED) is 0.398. The molecule has 2 aliphatic rings. The summed E-state index contributed by atoms with van der Waals surface area (Å²) >= 11 is 1.53. The highest BCUT2D eigenvalue weighted by Crippen LogP contribution is 2.41. The Morgan fingerprint density at radius 1 is 1.14 bits per heavy atom. The number of amides is 1. The Kier molecular flexibility index (Phi) is 7.40. The van der Waals surface area contributed by atoms with Crippen LogP contribution in [0.4, 0.5) is 0 Å². The van der Waals surface area contributed by atoms with Crippen LogP contribution < -0.4 is 5.32 Å². The number of unbranched alkanes of at least 4 members (excludes halogenated alkanes) is 2. The lowest BCUT2D eigenvalue weighted by molar-refractivity contribution is 0.0951. The van der Waals surface area contributed by atoms with Crippen LogP contribution in [0.1, 0.15) is 65.4 Å². The van der Waals surface area contributed by atoms with Gasteiger partial charge in [0, 0.05) is 22.8 Å². The van der Waals surface area contributed by atoms with Crippen LogP contribution in [0.25, 0.3) is 17.3 Å². The van der Waals surface area contributed by atoms with Crippen molar-refractivity contribution in [2.75, 3.05) is 19.6 Å². The minimum atomic E-state index is -0.118. The predicted octanol–water partition coefficient (Wildman–Crippen LogP) is 5.98. The van der Waals surface area contributed by atoms with Crippen LogP contribution in [-0.4, -0.2) is 40.4 Å².